The second kappa shape index (κ2) is 5.32. The van der Waals surface area contributed by atoms with Crippen molar-refractivity contribution in [3.05, 3.63) is 27.3 Å². The molecule has 0 saturated carbocycles. The van der Waals surface area contributed by atoms with Gasteiger partial charge in [-0.25, -0.2) is 18.4 Å². The number of benzene rings is 1. The highest BCUT2D eigenvalue weighted by molar-refractivity contribution is 14.1. The third-order valence-corrected chi connectivity index (χ3v) is 4.31. The van der Waals surface area contributed by atoms with E-state index in [1.54, 1.807) is 36.4 Å². The minimum Gasteiger partial charge on any atom is -0.459 e. The number of hydrogen-bond acceptors (Lipinski definition) is 4. The Bertz CT molecular complexity index is 539. The zero-order valence-electron chi connectivity index (χ0n) is 9.31. The molecule has 7 heteroatoms. The van der Waals surface area contributed by atoms with Crippen LogP contribution in [0, 0.1) is 3.57 Å². The number of sulfonamides is 1. The lowest BCUT2D eigenvalue weighted by atomic mass is 10.2. The van der Waals surface area contributed by atoms with Crippen molar-refractivity contribution in [3.8, 4) is 0 Å². The van der Waals surface area contributed by atoms with Crippen LogP contribution in [0.5, 0.6) is 0 Å². The summed E-state index contributed by atoms with van der Waals surface area (Å²) < 4.78 is 27.8. The molecule has 0 bridgehead atoms. The normalized spacial score (nSPS) is 11.6. The Hall–Kier alpha value is -0.670. The molecule has 0 aliphatic heterocycles. The molecule has 0 aliphatic rings. The molecule has 0 radical (unpaired) electrons. The molecular formula is C10H12INO4S. The minimum atomic E-state index is -3.83. The number of hydrogen-bond donors (Lipinski definition) is 1. The van der Waals surface area contributed by atoms with Gasteiger partial charge in [-0.2, -0.15) is 0 Å². The molecule has 0 spiro atoms. The standard InChI is InChI=1S/C10H12INO4S/c1-6(2)16-10(13)7-4-3-5-8(9(7)11)17(12,14)15/h3-6H,1-2H3,(H2,12,14,15). The van der Waals surface area contributed by atoms with Gasteiger partial charge >= 0.3 is 5.97 Å². The van der Waals surface area contributed by atoms with Crippen LogP contribution in [0.3, 0.4) is 0 Å². The van der Waals surface area contributed by atoms with Crippen molar-refractivity contribution < 1.29 is 17.9 Å². The van der Waals surface area contributed by atoms with Gasteiger partial charge in [-0.05, 0) is 48.6 Å². The van der Waals surface area contributed by atoms with Gasteiger partial charge in [0.1, 0.15) is 0 Å². The van der Waals surface area contributed by atoms with E-state index in [4.69, 9.17) is 9.88 Å². The monoisotopic (exact) mass is 369 g/mol. The lowest BCUT2D eigenvalue weighted by Crippen LogP contribution is -2.18. The topological polar surface area (TPSA) is 86.5 Å². The van der Waals surface area contributed by atoms with E-state index in [0.717, 1.165) is 0 Å². The van der Waals surface area contributed by atoms with E-state index in [-0.39, 0.29) is 20.1 Å². The van der Waals surface area contributed by atoms with Crippen LogP contribution in [0.2, 0.25) is 0 Å². The zero-order valence-corrected chi connectivity index (χ0v) is 12.3. The molecule has 2 N–H and O–H groups in total. The summed E-state index contributed by atoms with van der Waals surface area (Å²) in [5, 5.41) is 5.04. The predicted octanol–water partition coefficient (Wildman–Crippen LogP) is 1.50. The average molecular weight is 369 g/mol. The van der Waals surface area contributed by atoms with Crippen molar-refractivity contribution in [1.29, 1.82) is 0 Å². The molecule has 0 amide bonds. The van der Waals surface area contributed by atoms with Crippen molar-refractivity contribution in [3.63, 3.8) is 0 Å². The molecule has 0 heterocycles. The maximum absolute atomic E-state index is 11.7. The minimum absolute atomic E-state index is 0.0729. The molecule has 0 aliphatic carbocycles. The molecule has 5 nitrogen and oxygen atoms in total. The lowest BCUT2D eigenvalue weighted by Gasteiger charge is -2.10. The molecule has 0 atom stereocenters. The Morgan fingerprint density at radius 3 is 2.47 bits per heavy atom. The largest absolute Gasteiger partial charge is 0.459 e. The first-order valence-electron chi connectivity index (χ1n) is 4.75. The van der Waals surface area contributed by atoms with E-state index >= 15 is 0 Å². The van der Waals surface area contributed by atoms with Gasteiger partial charge in [0.2, 0.25) is 10.0 Å². The maximum atomic E-state index is 11.7. The molecule has 0 unspecified atom stereocenters. The number of ether oxygens (including phenoxy) is 1. The first kappa shape index (κ1) is 14.4. The predicted molar refractivity (Wildman–Crippen MR) is 71.1 cm³/mol. The fourth-order valence-corrected chi connectivity index (χ4v) is 3.29. The van der Waals surface area contributed by atoms with E-state index in [9.17, 15) is 13.2 Å². The molecular weight excluding hydrogens is 357 g/mol. The highest BCUT2D eigenvalue weighted by Crippen LogP contribution is 2.21. The van der Waals surface area contributed by atoms with Gasteiger partial charge in [0.05, 0.1) is 16.6 Å². The maximum Gasteiger partial charge on any atom is 0.339 e. The van der Waals surface area contributed by atoms with Crippen LogP contribution >= 0.6 is 22.6 Å². The van der Waals surface area contributed by atoms with Crippen LogP contribution in [-0.4, -0.2) is 20.5 Å². The van der Waals surface area contributed by atoms with Gasteiger partial charge in [0, 0.05) is 3.57 Å². The summed E-state index contributed by atoms with van der Waals surface area (Å²) in [7, 11) is -3.83. The van der Waals surface area contributed by atoms with Gasteiger partial charge in [-0.3, -0.25) is 0 Å². The Morgan fingerprint density at radius 1 is 1.41 bits per heavy atom. The molecule has 1 aromatic rings. The highest BCUT2D eigenvalue weighted by Gasteiger charge is 2.20. The van der Waals surface area contributed by atoms with Gasteiger partial charge in [-0.1, -0.05) is 6.07 Å². The van der Waals surface area contributed by atoms with Crippen LogP contribution in [0.1, 0.15) is 24.2 Å². The molecule has 0 aromatic heterocycles. The van der Waals surface area contributed by atoms with Crippen molar-refractivity contribution >= 4 is 38.6 Å². The summed E-state index contributed by atoms with van der Waals surface area (Å²) in [6.07, 6.45) is -0.267. The SMILES string of the molecule is CC(C)OC(=O)c1cccc(S(N)(=O)=O)c1I. The molecule has 17 heavy (non-hydrogen) atoms. The van der Waals surface area contributed by atoms with Gasteiger partial charge in [0.15, 0.2) is 0 Å². The van der Waals surface area contributed by atoms with Crippen LogP contribution in [0.25, 0.3) is 0 Å². The summed E-state index contributed by atoms with van der Waals surface area (Å²) in [5.74, 6) is -0.560. The Balaban J connectivity index is 3.25. The zero-order chi connectivity index (χ0) is 13.2. The number of primary sulfonamides is 1. The number of carbonyl (C=O) groups is 1. The van der Waals surface area contributed by atoms with E-state index in [2.05, 4.69) is 0 Å². The fourth-order valence-electron chi connectivity index (χ4n) is 1.17. The molecule has 0 saturated heterocycles. The van der Waals surface area contributed by atoms with Crippen LogP contribution in [-0.2, 0) is 14.8 Å². The van der Waals surface area contributed by atoms with Crippen LogP contribution in [0.15, 0.2) is 23.1 Å². The van der Waals surface area contributed by atoms with Crippen molar-refractivity contribution in [1.82, 2.24) is 0 Å². The number of nitrogens with two attached hydrogens (primary N) is 1. The van der Waals surface area contributed by atoms with E-state index in [1.807, 2.05) is 0 Å². The van der Waals surface area contributed by atoms with Gasteiger partial charge in [-0.15, -0.1) is 0 Å². The second-order valence-electron chi connectivity index (χ2n) is 3.62. The average Bonchev–Trinajstić information content (AvgIpc) is 2.14. The summed E-state index contributed by atoms with van der Waals surface area (Å²) in [6.45, 7) is 3.43. The number of carbonyl (C=O) groups excluding carboxylic acids is 1. The summed E-state index contributed by atoms with van der Waals surface area (Å²) >= 11 is 1.77. The Kier molecular flexibility index (Phi) is 4.50. The van der Waals surface area contributed by atoms with Gasteiger partial charge in [0.25, 0.3) is 0 Å². The van der Waals surface area contributed by atoms with Gasteiger partial charge < -0.3 is 4.74 Å². The molecule has 94 valence electrons. The third-order valence-electron chi connectivity index (χ3n) is 1.83. The molecule has 0 fully saturated rings. The van der Waals surface area contributed by atoms with E-state index < -0.39 is 16.0 Å². The van der Waals surface area contributed by atoms with Crippen LogP contribution in [0.4, 0.5) is 0 Å². The van der Waals surface area contributed by atoms with E-state index in [0.29, 0.717) is 0 Å². The first-order chi connectivity index (χ1) is 7.73. The van der Waals surface area contributed by atoms with Crippen LogP contribution < -0.4 is 5.14 Å². The quantitative estimate of drug-likeness (QED) is 0.646. The summed E-state index contributed by atoms with van der Waals surface area (Å²) in [6, 6.07) is 4.31. The number of halogens is 1. The number of esters is 1. The fraction of sp³-hybridized carbons (Fsp3) is 0.300. The van der Waals surface area contributed by atoms with Crippen molar-refractivity contribution in [2.75, 3.05) is 0 Å². The third kappa shape index (κ3) is 3.65. The molecule has 1 aromatic carbocycles. The first-order valence-corrected chi connectivity index (χ1v) is 7.38. The second-order valence-corrected chi connectivity index (χ2v) is 6.23. The summed E-state index contributed by atoms with van der Waals surface area (Å²) in [5.41, 5.74) is 0.200. The van der Waals surface area contributed by atoms with Crippen molar-refractivity contribution in [2.24, 2.45) is 5.14 Å². The van der Waals surface area contributed by atoms with Crippen molar-refractivity contribution in [2.45, 2.75) is 24.8 Å². The molecule has 1 rings (SSSR count). The highest BCUT2D eigenvalue weighted by atomic mass is 127. The van der Waals surface area contributed by atoms with E-state index in [1.165, 1.54) is 18.2 Å². The Morgan fingerprint density at radius 2 is 2.00 bits per heavy atom. The summed E-state index contributed by atoms with van der Waals surface area (Å²) in [4.78, 5) is 11.6. The Labute approximate surface area is 114 Å². The number of rotatable bonds is 3. The smallest absolute Gasteiger partial charge is 0.339 e. The lowest BCUT2D eigenvalue weighted by molar-refractivity contribution is 0.0376.